The second-order valence-corrected chi connectivity index (χ2v) is 6.46. The molecule has 24 heavy (non-hydrogen) atoms. The van der Waals surface area contributed by atoms with Gasteiger partial charge in [0.05, 0.1) is 6.42 Å². The van der Waals surface area contributed by atoms with Crippen molar-refractivity contribution in [1.29, 1.82) is 0 Å². The Kier molecular flexibility index (Phi) is 9.39. The zero-order valence-corrected chi connectivity index (χ0v) is 14.6. The number of unbranched alkanes of at least 4 members (excludes halogenated alkanes) is 3. The Balaban J connectivity index is 5.32. The Morgan fingerprint density at radius 2 is 1.71 bits per heavy atom. The van der Waals surface area contributed by atoms with Crippen LogP contribution < -0.4 is 0 Å². The van der Waals surface area contributed by atoms with Crippen LogP contribution in [0.2, 0.25) is 0 Å². The minimum atomic E-state index is -4.79. The zero-order chi connectivity index (χ0) is 19.0. The topological polar surface area (TPSA) is 57.6 Å². The van der Waals surface area contributed by atoms with E-state index in [4.69, 9.17) is 5.11 Å². The van der Waals surface area contributed by atoms with Gasteiger partial charge in [0, 0.05) is 12.1 Å². The molecule has 0 spiro atoms. The first kappa shape index (κ1) is 22.8. The van der Waals surface area contributed by atoms with E-state index in [0.717, 1.165) is 12.8 Å². The van der Waals surface area contributed by atoms with Crippen LogP contribution in [-0.2, 0) is 4.79 Å². The van der Waals surface area contributed by atoms with Gasteiger partial charge in [-0.15, -0.1) is 0 Å². The summed E-state index contributed by atoms with van der Waals surface area (Å²) in [6.45, 7) is 5.78. The van der Waals surface area contributed by atoms with Crippen LogP contribution in [-0.4, -0.2) is 45.5 Å². The van der Waals surface area contributed by atoms with Crippen molar-refractivity contribution < 1.29 is 32.3 Å². The highest BCUT2D eigenvalue weighted by molar-refractivity contribution is 8.13. The first-order valence-electron chi connectivity index (χ1n) is 7.62. The fourth-order valence-corrected chi connectivity index (χ4v) is 2.50. The smallest absolute Gasteiger partial charge is 0.391 e. The van der Waals surface area contributed by atoms with Crippen molar-refractivity contribution in [2.45, 2.75) is 57.9 Å². The molecule has 0 aliphatic rings. The third-order valence-electron chi connectivity index (χ3n) is 3.24. The highest BCUT2D eigenvalue weighted by Crippen LogP contribution is 2.42. The van der Waals surface area contributed by atoms with Crippen LogP contribution in [0.5, 0.6) is 0 Å². The first-order chi connectivity index (χ1) is 11.0. The van der Waals surface area contributed by atoms with E-state index >= 15 is 0 Å². The second kappa shape index (κ2) is 9.90. The van der Waals surface area contributed by atoms with Crippen LogP contribution in [0.25, 0.3) is 0 Å². The molecule has 0 aliphatic carbocycles. The third-order valence-corrected chi connectivity index (χ3v) is 4.00. The summed E-state index contributed by atoms with van der Waals surface area (Å²) >= 11 is 0.506. The fourth-order valence-electron chi connectivity index (χ4n) is 1.89. The summed E-state index contributed by atoms with van der Waals surface area (Å²) in [6, 6.07) is -4.79. The van der Waals surface area contributed by atoms with E-state index in [-0.39, 0.29) is 17.1 Å². The minimum absolute atomic E-state index is 0.147. The fraction of sp³-hybridized carbons (Fsp3) is 0.733. The van der Waals surface area contributed by atoms with Gasteiger partial charge in [0.2, 0.25) is 0 Å². The summed E-state index contributed by atoms with van der Waals surface area (Å²) in [6.07, 6.45) is 0.518. The zero-order valence-electron chi connectivity index (χ0n) is 13.8. The van der Waals surface area contributed by atoms with Crippen LogP contribution in [0.3, 0.4) is 0 Å². The number of carbonyl (C=O) groups excluding carboxylic acids is 1. The molecule has 4 nitrogen and oxygen atoms in total. The molecule has 0 atom stereocenters. The Bertz CT molecular complexity index is 458. The summed E-state index contributed by atoms with van der Waals surface area (Å²) in [5, 5.41) is 7.43. The molecule has 0 fully saturated rings. The van der Waals surface area contributed by atoms with Crippen molar-refractivity contribution in [1.82, 2.24) is 4.90 Å². The molecule has 0 saturated carbocycles. The number of amides is 1. The standard InChI is InChI=1S/C15H23F4NO3S/c1-4-6-7-8-9-20(13(23)24-5-2)15(18,19)14(16,17)10-11(3)12(21)22/h3-10H2,1-2H3,(H,21,22). The predicted octanol–water partition coefficient (Wildman–Crippen LogP) is 5.00. The summed E-state index contributed by atoms with van der Waals surface area (Å²) in [5.74, 6) is -6.35. The largest absolute Gasteiger partial charge is 0.478 e. The maximum atomic E-state index is 14.3. The van der Waals surface area contributed by atoms with Crippen molar-refractivity contribution in [2.24, 2.45) is 0 Å². The lowest BCUT2D eigenvalue weighted by molar-refractivity contribution is -0.267. The molecule has 0 aromatic heterocycles. The van der Waals surface area contributed by atoms with E-state index < -0.39 is 41.7 Å². The molecule has 0 saturated heterocycles. The van der Waals surface area contributed by atoms with Crippen molar-refractivity contribution in [3.63, 3.8) is 0 Å². The van der Waals surface area contributed by atoms with Gasteiger partial charge in [-0.2, -0.15) is 17.6 Å². The van der Waals surface area contributed by atoms with E-state index in [1.165, 1.54) is 0 Å². The number of rotatable bonds is 11. The molecule has 0 aromatic rings. The number of carbonyl (C=O) groups is 2. The van der Waals surface area contributed by atoms with E-state index in [1.54, 1.807) is 6.92 Å². The summed E-state index contributed by atoms with van der Waals surface area (Å²) < 4.78 is 56.5. The molecular weight excluding hydrogens is 350 g/mol. The number of carboxylic acids is 1. The predicted molar refractivity (Wildman–Crippen MR) is 85.7 cm³/mol. The SMILES string of the molecule is C=C(CC(F)(F)C(F)(F)N(CCCCCC)C(=O)SCC)C(=O)O. The van der Waals surface area contributed by atoms with Gasteiger partial charge < -0.3 is 5.11 Å². The molecule has 0 aliphatic heterocycles. The maximum absolute atomic E-state index is 14.3. The van der Waals surface area contributed by atoms with Crippen LogP contribution in [0, 0.1) is 0 Å². The average molecular weight is 373 g/mol. The highest BCUT2D eigenvalue weighted by atomic mass is 32.2. The molecule has 1 N–H and O–H groups in total. The molecular formula is C15H23F4NO3S. The van der Waals surface area contributed by atoms with Gasteiger partial charge in [-0.1, -0.05) is 51.5 Å². The lowest BCUT2D eigenvalue weighted by atomic mass is 10.1. The van der Waals surface area contributed by atoms with Crippen LogP contribution in [0.4, 0.5) is 22.4 Å². The van der Waals surface area contributed by atoms with Gasteiger partial charge in [-0.25, -0.2) is 4.79 Å². The Morgan fingerprint density at radius 1 is 1.12 bits per heavy atom. The van der Waals surface area contributed by atoms with Gasteiger partial charge in [0.25, 0.3) is 5.24 Å². The lowest BCUT2D eigenvalue weighted by Crippen LogP contribution is -2.56. The molecule has 1 amide bonds. The summed E-state index contributed by atoms with van der Waals surface area (Å²) in [5.41, 5.74) is -1.04. The molecule has 0 unspecified atom stereocenters. The van der Waals surface area contributed by atoms with Gasteiger partial charge in [-0.3, -0.25) is 9.69 Å². The van der Waals surface area contributed by atoms with Gasteiger partial charge >= 0.3 is 17.9 Å². The van der Waals surface area contributed by atoms with E-state index in [0.29, 0.717) is 18.2 Å². The van der Waals surface area contributed by atoms with E-state index in [9.17, 15) is 27.2 Å². The number of thioether (sulfide) groups is 1. The lowest BCUT2D eigenvalue weighted by Gasteiger charge is -2.36. The van der Waals surface area contributed by atoms with E-state index in [1.807, 2.05) is 6.92 Å². The number of hydrogen-bond donors (Lipinski definition) is 1. The highest BCUT2D eigenvalue weighted by Gasteiger charge is 2.61. The van der Waals surface area contributed by atoms with Gasteiger partial charge in [0.1, 0.15) is 0 Å². The summed E-state index contributed by atoms with van der Waals surface area (Å²) in [7, 11) is 0. The minimum Gasteiger partial charge on any atom is -0.478 e. The Hall–Kier alpha value is -1.25. The molecule has 0 radical (unpaired) electrons. The molecule has 0 rings (SSSR count). The van der Waals surface area contributed by atoms with Crippen molar-refractivity contribution in [3.8, 4) is 0 Å². The van der Waals surface area contributed by atoms with Crippen molar-refractivity contribution in [3.05, 3.63) is 12.2 Å². The second-order valence-electron chi connectivity index (χ2n) is 5.24. The van der Waals surface area contributed by atoms with Crippen molar-refractivity contribution in [2.75, 3.05) is 12.3 Å². The summed E-state index contributed by atoms with van der Waals surface area (Å²) in [4.78, 5) is 22.3. The molecule has 0 aromatic carbocycles. The molecule has 0 heterocycles. The molecule has 9 heteroatoms. The van der Waals surface area contributed by atoms with Crippen LogP contribution in [0.1, 0.15) is 46.0 Å². The average Bonchev–Trinajstić information content (AvgIpc) is 2.46. The van der Waals surface area contributed by atoms with Crippen molar-refractivity contribution >= 4 is 23.0 Å². The third kappa shape index (κ3) is 6.33. The van der Waals surface area contributed by atoms with Gasteiger partial charge in [-0.05, 0) is 12.2 Å². The van der Waals surface area contributed by atoms with E-state index in [2.05, 4.69) is 6.58 Å². The number of nitrogens with zero attached hydrogens (tertiary/aromatic N) is 1. The maximum Gasteiger partial charge on any atom is 0.391 e. The molecule has 0 bridgehead atoms. The monoisotopic (exact) mass is 373 g/mol. The molecule has 140 valence electrons. The van der Waals surface area contributed by atoms with Crippen LogP contribution in [0.15, 0.2) is 12.2 Å². The Morgan fingerprint density at radius 3 is 2.17 bits per heavy atom. The first-order valence-corrected chi connectivity index (χ1v) is 8.60. The number of hydrogen-bond acceptors (Lipinski definition) is 3. The number of alkyl halides is 4. The number of halogens is 4. The van der Waals surface area contributed by atoms with Crippen LogP contribution >= 0.6 is 11.8 Å². The van der Waals surface area contributed by atoms with Gasteiger partial charge in [0.15, 0.2) is 0 Å². The normalized spacial score (nSPS) is 12.1. The Labute approximate surface area is 143 Å². The number of carboxylic acid groups (broad SMARTS) is 1. The number of aliphatic carboxylic acids is 1. The quantitative estimate of drug-likeness (QED) is 0.240.